The molecule has 142 valence electrons. The molecule has 28 heavy (non-hydrogen) atoms. The third-order valence-corrected chi connectivity index (χ3v) is 3.90. The Hall–Kier alpha value is -3.74. The highest BCUT2D eigenvalue weighted by atomic mass is 19.1. The predicted octanol–water partition coefficient (Wildman–Crippen LogP) is 3.85. The van der Waals surface area contributed by atoms with E-state index in [0.29, 0.717) is 22.6 Å². The first kappa shape index (κ1) is 19.0. The zero-order valence-electron chi connectivity index (χ0n) is 15.2. The van der Waals surface area contributed by atoms with Gasteiger partial charge >= 0.3 is 0 Å². The number of carbonyl (C=O) groups is 2. The second-order valence-electron chi connectivity index (χ2n) is 6.09. The smallest absolute Gasteiger partial charge is 0.251 e. The molecule has 2 amide bonds. The number of benzene rings is 2. The number of pyridine rings is 1. The predicted molar refractivity (Wildman–Crippen MR) is 106 cm³/mol. The highest BCUT2D eigenvalue weighted by Crippen LogP contribution is 2.18. The van der Waals surface area contributed by atoms with Crippen LogP contribution in [0.15, 0.2) is 66.9 Å². The first-order valence-electron chi connectivity index (χ1n) is 8.63. The van der Waals surface area contributed by atoms with Crippen molar-refractivity contribution in [2.75, 3.05) is 10.6 Å². The Morgan fingerprint density at radius 3 is 2.43 bits per heavy atom. The lowest BCUT2D eigenvalue weighted by molar-refractivity contribution is -0.114. The number of carbonyl (C=O) groups excluding carboxylic acids is 2. The van der Waals surface area contributed by atoms with Crippen molar-refractivity contribution in [2.45, 2.75) is 13.5 Å². The minimum Gasteiger partial charge on any atom is -0.348 e. The average molecular weight is 378 g/mol. The monoisotopic (exact) mass is 378 g/mol. The Labute approximate surface area is 161 Å². The van der Waals surface area contributed by atoms with E-state index in [2.05, 4.69) is 20.9 Å². The number of nitrogens with zero attached hydrogens (tertiary/aromatic N) is 1. The first-order valence-corrected chi connectivity index (χ1v) is 8.63. The molecule has 1 aromatic heterocycles. The van der Waals surface area contributed by atoms with Crippen molar-refractivity contribution in [3.05, 3.63) is 83.8 Å². The van der Waals surface area contributed by atoms with Crippen molar-refractivity contribution in [1.29, 1.82) is 0 Å². The van der Waals surface area contributed by atoms with Gasteiger partial charge in [-0.25, -0.2) is 9.37 Å². The molecule has 3 aromatic rings. The molecule has 0 aliphatic carbocycles. The molecule has 0 atom stereocenters. The summed E-state index contributed by atoms with van der Waals surface area (Å²) in [6.45, 7) is 1.54. The Bertz CT molecular complexity index is 990. The third-order valence-electron chi connectivity index (χ3n) is 3.90. The lowest BCUT2D eigenvalue weighted by Gasteiger charge is -2.09. The van der Waals surface area contributed by atoms with E-state index in [0.717, 1.165) is 5.69 Å². The Morgan fingerprint density at radius 2 is 1.71 bits per heavy atom. The van der Waals surface area contributed by atoms with Crippen LogP contribution >= 0.6 is 0 Å². The second-order valence-corrected chi connectivity index (χ2v) is 6.09. The Kier molecular flexibility index (Phi) is 5.96. The molecule has 0 saturated heterocycles. The van der Waals surface area contributed by atoms with Crippen molar-refractivity contribution in [2.24, 2.45) is 0 Å². The summed E-state index contributed by atoms with van der Waals surface area (Å²) in [5, 5.41) is 8.49. The van der Waals surface area contributed by atoms with E-state index in [1.165, 1.54) is 19.2 Å². The molecule has 3 rings (SSSR count). The summed E-state index contributed by atoms with van der Waals surface area (Å²) >= 11 is 0. The molecule has 6 nitrogen and oxygen atoms in total. The zero-order chi connectivity index (χ0) is 19.9. The highest BCUT2D eigenvalue weighted by Gasteiger charge is 2.09. The van der Waals surface area contributed by atoms with Gasteiger partial charge in [0.25, 0.3) is 5.91 Å². The second kappa shape index (κ2) is 8.77. The minimum atomic E-state index is -0.359. The van der Waals surface area contributed by atoms with Gasteiger partial charge in [-0.15, -0.1) is 0 Å². The number of aromatic nitrogens is 1. The maximum atomic E-state index is 13.7. The van der Waals surface area contributed by atoms with E-state index >= 15 is 0 Å². The topological polar surface area (TPSA) is 83.1 Å². The van der Waals surface area contributed by atoms with E-state index in [1.807, 2.05) is 0 Å². The fourth-order valence-electron chi connectivity index (χ4n) is 2.55. The van der Waals surface area contributed by atoms with Crippen molar-refractivity contribution in [3.63, 3.8) is 0 Å². The molecule has 0 spiro atoms. The van der Waals surface area contributed by atoms with Crippen LogP contribution in [0.4, 0.5) is 21.6 Å². The summed E-state index contributed by atoms with van der Waals surface area (Å²) in [5.41, 5.74) is 2.27. The van der Waals surface area contributed by atoms with Crippen LogP contribution in [-0.2, 0) is 11.3 Å². The minimum absolute atomic E-state index is 0.0984. The van der Waals surface area contributed by atoms with Crippen LogP contribution in [0.5, 0.6) is 0 Å². The van der Waals surface area contributed by atoms with E-state index in [-0.39, 0.29) is 24.2 Å². The van der Waals surface area contributed by atoms with Crippen LogP contribution in [0.25, 0.3) is 0 Å². The van der Waals surface area contributed by atoms with Crippen molar-refractivity contribution >= 4 is 29.0 Å². The van der Waals surface area contributed by atoms with Gasteiger partial charge in [-0.2, -0.15) is 0 Å². The number of hydrogen-bond acceptors (Lipinski definition) is 4. The molecule has 0 fully saturated rings. The van der Waals surface area contributed by atoms with Crippen LogP contribution in [-0.4, -0.2) is 16.8 Å². The zero-order valence-corrected chi connectivity index (χ0v) is 15.2. The van der Waals surface area contributed by atoms with Gasteiger partial charge in [0.05, 0.1) is 0 Å². The number of anilines is 3. The lowest BCUT2D eigenvalue weighted by Crippen LogP contribution is -2.23. The number of rotatable bonds is 6. The van der Waals surface area contributed by atoms with Crippen molar-refractivity contribution in [3.8, 4) is 0 Å². The van der Waals surface area contributed by atoms with Crippen LogP contribution in [0.1, 0.15) is 22.8 Å². The first-order chi connectivity index (χ1) is 13.5. The number of nitrogens with one attached hydrogen (secondary N) is 3. The van der Waals surface area contributed by atoms with Gasteiger partial charge in [0.15, 0.2) is 0 Å². The highest BCUT2D eigenvalue weighted by molar-refractivity contribution is 5.95. The summed E-state index contributed by atoms with van der Waals surface area (Å²) in [4.78, 5) is 27.6. The van der Waals surface area contributed by atoms with Crippen LogP contribution in [0.3, 0.4) is 0 Å². The average Bonchev–Trinajstić information content (AvgIpc) is 2.68. The van der Waals surface area contributed by atoms with Crippen LogP contribution < -0.4 is 16.0 Å². The summed E-state index contributed by atoms with van der Waals surface area (Å²) in [6.07, 6.45) is 1.52. The maximum Gasteiger partial charge on any atom is 0.251 e. The normalized spacial score (nSPS) is 10.2. The van der Waals surface area contributed by atoms with Gasteiger partial charge in [0, 0.05) is 42.2 Å². The summed E-state index contributed by atoms with van der Waals surface area (Å²) in [7, 11) is 0. The molecule has 3 N–H and O–H groups in total. The largest absolute Gasteiger partial charge is 0.348 e. The van der Waals surface area contributed by atoms with Crippen molar-refractivity contribution < 1.29 is 14.0 Å². The molecule has 7 heteroatoms. The van der Waals surface area contributed by atoms with Gasteiger partial charge in [-0.05, 0) is 42.5 Å². The molecule has 0 aliphatic rings. The summed E-state index contributed by atoms with van der Waals surface area (Å²) in [6, 6.07) is 16.6. The Morgan fingerprint density at radius 1 is 1.00 bits per heavy atom. The molecule has 0 unspecified atom stereocenters. The fourth-order valence-corrected chi connectivity index (χ4v) is 2.55. The van der Waals surface area contributed by atoms with Gasteiger partial charge in [0.1, 0.15) is 11.6 Å². The molecule has 0 aliphatic heterocycles. The van der Waals surface area contributed by atoms with Crippen LogP contribution in [0.2, 0.25) is 0 Å². The number of halogens is 1. The van der Waals surface area contributed by atoms with Gasteiger partial charge in [-0.3, -0.25) is 9.59 Å². The molecular weight excluding hydrogens is 359 g/mol. The van der Waals surface area contributed by atoms with E-state index in [1.54, 1.807) is 54.6 Å². The van der Waals surface area contributed by atoms with Gasteiger partial charge in [0.2, 0.25) is 5.91 Å². The molecule has 1 heterocycles. The molecule has 0 bridgehead atoms. The maximum absolute atomic E-state index is 13.7. The molecule has 0 saturated carbocycles. The SMILES string of the molecule is CC(=O)Nc1ccc(Nc2cc(C(=O)NCc3ccccc3F)ccn2)cc1. The number of hydrogen-bond donors (Lipinski definition) is 3. The van der Waals surface area contributed by atoms with Crippen LogP contribution in [0, 0.1) is 5.82 Å². The summed E-state index contributed by atoms with van der Waals surface area (Å²) < 4.78 is 13.7. The molecule has 0 radical (unpaired) electrons. The van der Waals surface area contributed by atoms with E-state index in [4.69, 9.17) is 0 Å². The summed E-state index contributed by atoms with van der Waals surface area (Å²) in [5.74, 6) is -0.334. The van der Waals surface area contributed by atoms with Gasteiger partial charge < -0.3 is 16.0 Å². The van der Waals surface area contributed by atoms with Gasteiger partial charge in [-0.1, -0.05) is 18.2 Å². The quantitative estimate of drug-likeness (QED) is 0.608. The molecular formula is C21H19FN4O2. The standard InChI is InChI=1S/C21H19FN4O2/c1-14(27)25-17-6-8-18(9-7-17)26-20-12-15(10-11-23-20)21(28)24-13-16-4-2-3-5-19(16)22/h2-12H,13H2,1H3,(H,23,26)(H,24,28)(H,25,27). The fraction of sp³-hybridized carbons (Fsp3) is 0.0952. The Balaban J connectivity index is 1.64. The lowest BCUT2D eigenvalue weighted by atomic mass is 10.2. The van der Waals surface area contributed by atoms with E-state index in [9.17, 15) is 14.0 Å². The number of amides is 2. The molecule has 2 aromatic carbocycles. The van der Waals surface area contributed by atoms with E-state index < -0.39 is 0 Å². The third kappa shape index (κ3) is 5.14. The van der Waals surface area contributed by atoms with Crippen molar-refractivity contribution in [1.82, 2.24) is 10.3 Å².